The molecule has 2 rings (SSSR count). The molecule has 0 saturated carbocycles. The Kier molecular flexibility index (Phi) is 4.23. The predicted octanol–water partition coefficient (Wildman–Crippen LogP) is 3.82. The second kappa shape index (κ2) is 5.75. The summed E-state index contributed by atoms with van der Waals surface area (Å²) >= 11 is 0. The number of hydrogen-bond donors (Lipinski definition) is 1. The van der Waals surface area contributed by atoms with Gasteiger partial charge in [0.15, 0.2) is 11.0 Å². The molecule has 1 aromatic carbocycles. The minimum atomic E-state index is -1.29. The van der Waals surface area contributed by atoms with E-state index in [9.17, 15) is 4.21 Å². The number of aryl methyl sites for hydroxylation is 1. The standard InChI is InChI=1S/C16H20N2OS/c1-12-10-13(16(2,3)4)11-15(17-12)18-20(19)14-8-6-5-7-9-14/h5-11H,1-4H3,(H,17,18). The summed E-state index contributed by atoms with van der Waals surface area (Å²) in [7, 11) is -1.29. The van der Waals surface area contributed by atoms with Crippen LogP contribution in [0.4, 0.5) is 5.82 Å². The normalized spacial score (nSPS) is 13.0. The zero-order chi connectivity index (χ0) is 14.8. The Morgan fingerprint density at radius 1 is 1.10 bits per heavy atom. The lowest BCUT2D eigenvalue weighted by Gasteiger charge is -2.20. The summed E-state index contributed by atoms with van der Waals surface area (Å²) in [6.07, 6.45) is 0. The van der Waals surface area contributed by atoms with E-state index in [1.54, 1.807) is 0 Å². The van der Waals surface area contributed by atoms with Gasteiger partial charge in [-0.1, -0.05) is 39.0 Å². The van der Waals surface area contributed by atoms with Gasteiger partial charge in [-0.25, -0.2) is 9.19 Å². The van der Waals surface area contributed by atoms with Crippen LogP contribution in [0.3, 0.4) is 0 Å². The molecule has 0 radical (unpaired) electrons. The third-order valence-electron chi connectivity index (χ3n) is 2.97. The maximum atomic E-state index is 12.2. The van der Waals surface area contributed by atoms with Gasteiger partial charge < -0.3 is 0 Å². The fourth-order valence-electron chi connectivity index (χ4n) is 1.85. The Labute approximate surface area is 123 Å². The van der Waals surface area contributed by atoms with Gasteiger partial charge in [-0.15, -0.1) is 0 Å². The van der Waals surface area contributed by atoms with E-state index in [4.69, 9.17) is 0 Å². The van der Waals surface area contributed by atoms with E-state index in [2.05, 4.69) is 36.5 Å². The predicted molar refractivity (Wildman–Crippen MR) is 84.1 cm³/mol. The average Bonchev–Trinajstić information content (AvgIpc) is 2.38. The monoisotopic (exact) mass is 288 g/mol. The molecular formula is C16H20N2OS. The summed E-state index contributed by atoms with van der Waals surface area (Å²) in [4.78, 5) is 5.15. The minimum absolute atomic E-state index is 0.0400. The van der Waals surface area contributed by atoms with Crippen LogP contribution in [-0.4, -0.2) is 9.19 Å². The SMILES string of the molecule is Cc1cc(C(C)(C)C)cc(NS(=O)c2ccccc2)n1. The van der Waals surface area contributed by atoms with Crippen LogP contribution < -0.4 is 4.72 Å². The molecule has 0 amide bonds. The molecule has 2 aromatic rings. The topological polar surface area (TPSA) is 42.0 Å². The second-order valence-electron chi connectivity index (χ2n) is 5.82. The molecule has 1 aromatic heterocycles. The first-order valence-electron chi connectivity index (χ1n) is 6.59. The molecule has 1 atom stereocenters. The van der Waals surface area contributed by atoms with Gasteiger partial charge in [0.25, 0.3) is 0 Å². The highest BCUT2D eigenvalue weighted by Gasteiger charge is 2.16. The van der Waals surface area contributed by atoms with Crippen molar-refractivity contribution < 1.29 is 4.21 Å². The van der Waals surface area contributed by atoms with Crippen molar-refractivity contribution in [3.8, 4) is 0 Å². The zero-order valence-corrected chi connectivity index (χ0v) is 13.1. The molecule has 20 heavy (non-hydrogen) atoms. The molecule has 0 aliphatic rings. The van der Waals surface area contributed by atoms with E-state index in [0.29, 0.717) is 5.82 Å². The van der Waals surface area contributed by atoms with Crippen molar-refractivity contribution in [1.82, 2.24) is 4.98 Å². The van der Waals surface area contributed by atoms with Gasteiger partial charge in [0.2, 0.25) is 0 Å². The third kappa shape index (κ3) is 3.67. The molecular weight excluding hydrogens is 268 g/mol. The summed E-state index contributed by atoms with van der Waals surface area (Å²) in [6.45, 7) is 8.41. The number of benzene rings is 1. The molecule has 0 fully saturated rings. The molecule has 4 heteroatoms. The summed E-state index contributed by atoms with van der Waals surface area (Å²) in [6, 6.07) is 13.4. The Balaban J connectivity index is 2.26. The first kappa shape index (κ1) is 14.7. The highest BCUT2D eigenvalue weighted by atomic mass is 32.2. The second-order valence-corrected chi connectivity index (χ2v) is 7.03. The van der Waals surface area contributed by atoms with Gasteiger partial charge in [0, 0.05) is 5.69 Å². The number of aromatic nitrogens is 1. The fourth-order valence-corrected chi connectivity index (χ4v) is 2.67. The number of pyridine rings is 1. The van der Waals surface area contributed by atoms with E-state index in [0.717, 1.165) is 10.6 Å². The molecule has 0 aliphatic heterocycles. The number of hydrogen-bond acceptors (Lipinski definition) is 2. The van der Waals surface area contributed by atoms with Crippen molar-refractivity contribution in [2.24, 2.45) is 0 Å². The molecule has 3 nitrogen and oxygen atoms in total. The van der Waals surface area contributed by atoms with Gasteiger partial charge in [0.1, 0.15) is 5.82 Å². The summed E-state index contributed by atoms with van der Waals surface area (Å²) in [5, 5.41) is 0. The third-order valence-corrected chi connectivity index (χ3v) is 4.07. The van der Waals surface area contributed by atoms with E-state index in [1.807, 2.05) is 43.3 Å². The van der Waals surface area contributed by atoms with Crippen LogP contribution in [0.25, 0.3) is 0 Å². The van der Waals surface area contributed by atoms with Crippen molar-refractivity contribution in [2.45, 2.75) is 38.0 Å². The molecule has 0 bridgehead atoms. The van der Waals surface area contributed by atoms with Crippen molar-refractivity contribution >= 4 is 16.8 Å². The minimum Gasteiger partial charge on any atom is -0.285 e. The van der Waals surface area contributed by atoms with E-state index < -0.39 is 11.0 Å². The molecule has 106 valence electrons. The van der Waals surface area contributed by atoms with Gasteiger partial charge in [-0.3, -0.25) is 4.72 Å². The van der Waals surface area contributed by atoms with Crippen molar-refractivity contribution in [3.05, 3.63) is 53.7 Å². The van der Waals surface area contributed by atoms with E-state index in [-0.39, 0.29) is 5.41 Å². The maximum Gasteiger partial charge on any atom is 0.151 e. The van der Waals surface area contributed by atoms with Gasteiger partial charge in [-0.2, -0.15) is 0 Å². The molecule has 1 heterocycles. The Morgan fingerprint density at radius 2 is 1.75 bits per heavy atom. The van der Waals surface area contributed by atoms with Gasteiger partial charge in [-0.05, 0) is 42.2 Å². The largest absolute Gasteiger partial charge is 0.285 e. The Hall–Kier alpha value is -1.68. The van der Waals surface area contributed by atoms with Crippen LogP contribution in [0.2, 0.25) is 0 Å². The van der Waals surface area contributed by atoms with Crippen LogP contribution >= 0.6 is 0 Å². The average molecular weight is 288 g/mol. The lowest BCUT2D eigenvalue weighted by atomic mass is 9.87. The van der Waals surface area contributed by atoms with Gasteiger partial charge in [0.05, 0.1) is 4.90 Å². The summed E-state index contributed by atoms with van der Waals surface area (Å²) in [5.74, 6) is 0.650. The maximum absolute atomic E-state index is 12.2. The van der Waals surface area contributed by atoms with Crippen LogP contribution in [0.15, 0.2) is 47.4 Å². The van der Waals surface area contributed by atoms with Crippen LogP contribution in [0.5, 0.6) is 0 Å². The smallest absolute Gasteiger partial charge is 0.151 e. The van der Waals surface area contributed by atoms with Crippen LogP contribution in [-0.2, 0) is 16.4 Å². The van der Waals surface area contributed by atoms with Crippen molar-refractivity contribution in [1.29, 1.82) is 0 Å². The molecule has 1 unspecified atom stereocenters. The molecule has 0 saturated heterocycles. The molecule has 0 spiro atoms. The van der Waals surface area contributed by atoms with E-state index >= 15 is 0 Å². The zero-order valence-electron chi connectivity index (χ0n) is 12.3. The lowest BCUT2D eigenvalue weighted by molar-refractivity contribution is 0.589. The Morgan fingerprint density at radius 3 is 2.35 bits per heavy atom. The van der Waals surface area contributed by atoms with Crippen molar-refractivity contribution in [2.75, 3.05) is 4.72 Å². The van der Waals surface area contributed by atoms with Crippen molar-refractivity contribution in [3.63, 3.8) is 0 Å². The summed E-state index contributed by atoms with van der Waals surface area (Å²) < 4.78 is 15.2. The summed E-state index contributed by atoms with van der Waals surface area (Å²) in [5.41, 5.74) is 2.14. The van der Waals surface area contributed by atoms with E-state index in [1.165, 1.54) is 5.56 Å². The Bertz CT molecular complexity index is 618. The first-order valence-corrected chi connectivity index (χ1v) is 7.74. The first-order chi connectivity index (χ1) is 9.36. The van der Waals surface area contributed by atoms with Crippen LogP contribution in [0.1, 0.15) is 32.0 Å². The fraction of sp³-hybridized carbons (Fsp3) is 0.312. The number of nitrogens with one attached hydrogen (secondary N) is 1. The lowest BCUT2D eigenvalue weighted by Crippen LogP contribution is -2.14. The van der Waals surface area contributed by atoms with Gasteiger partial charge >= 0.3 is 0 Å². The molecule has 0 aliphatic carbocycles. The molecule has 1 N–H and O–H groups in total. The highest BCUT2D eigenvalue weighted by Crippen LogP contribution is 2.25. The quantitative estimate of drug-likeness (QED) is 0.933. The van der Waals surface area contributed by atoms with Crippen LogP contribution in [0, 0.1) is 6.92 Å². The number of rotatable bonds is 3. The number of nitrogens with zero attached hydrogens (tertiary/aromatic N) is 1. The highest BCUT2D eigenvalue weighted by molar-refractivity contribution is 7.86. The number of anilines is 1.